The molecular formula is C10H14O3S. The summed E-state index contributed by atoms with van der Waals surface area (Å²) >= 11 is 1.38. The molecule has 1 heterocycles. The molecule has 4 heteroatoms. The highest BCUT2D eigenvalue weighted by Crippen LogP contribution is 2.24. The predicted molar refractivity (Wildman–Crippen MR) is 56.3 cm³/mol. The fourth-order valence-electron chi connectivity index (χ4n) is 0.969. The Hall–Kier alpha value is -0.870. The minimum absolute atomic E-state index is 0.0226. The predicted octanol–water partition coefficient (Wildman–Crippen LogP) is 2.36. The zero-order chi connectivity index (χ0) is 10.6. The standard InChI is InChI=1S/C10H14O3S/c1-7(2)13-6-8(11)10-9(12-3)4-5-14-10/h4-5,7H,6H2,1-3H3. The Morgan fingerprint density at radius 3 is 2.86 bits per heavy atom. The number of carbonyl (C=O) groups is 1. The number of hydrogen-bond donors (Lipinski definition) is 0. The summed E-state index contributed by atoms with van der Waals surface area (Å²) in [4.78, 5) is 12.2. The quantitative estimate of drug-likeness (QED) is 0.706. The molecule has 1 aromatic heterocycles. The first kappa shape index (κ1) is 11.2. The van der Waals surface area contributed by atoms with Crippen molar-refractivity contribution in [1.82, 2.24) is 0 Å². The number of rotatable bonds is 5. The van der Waals surface area contributed by atoms with E-state index in [0.29, 0.717) is 10.6 Å². The molecule has 0 saturated carbocycles. The van der Waals surface area contributed by atoms with Gasteiger partial charge in [0.1, 0.15) is 17.2 Å². The van der Waals surface area contributed by atoms with Gasteiger partial charge < -0.3 is 9.47 Å². The first-order valence-electron chi connectivity index (χ1n) is 4.41. The molecular weight excluding hydrogens is 200 g/mol. The Morgan fingerprint density at radius 1 is 1.57 bits per heavy atom. The van der Waals surface area contributed by atoms with Crippen LogP contribution in [0, 0.1) is 0 Å². The molecule has 3 nitrogen and oxygen atoms in total. The van der Waals surface area contributed by atoms with Gasteiger partial charge >= 0.3 is 0 Å². The molecule has 0 N–H and O–H groups in total. The SMILES string of the molecule is COc1ccsc1C(=O)COC(C)C. The molecule has 1 rings (SSSR count). The van der Waals surface area contributed by atoms with Crippen LogP contribution in [0.4, 0.5) is 0 Å². The number of methoxy groups -OCH3 is 1. The maximum Gasteiger partial charge on any atom is 0.202 e. The summed E-state index contributed by atoms with van der Waals surface area (Å²) < 4.78 is 10.3. The van der Waals surface area contributed by atoms with E-state index in [-0.39, 0.29) is 18.5 Å². The lowest BCUT2D eigenvalue weighted by atomic mass is 10.3. The van der Waals surface area contributed by atoms with Gasteiger partial charge in [0.25, 0.3) is 0 Å². The Labute approximate surface area is 87.7 Å². The third-order valence-corrected chi connectivity index (χ3v) is 2.59. The molecule has 14 heavy (non-hydrogen) atoms. The van der Waals surface area contributed by atoms with E-state index in [9.17, 15) is 4.79 Å². The fraction of sp³-hybridized carbons (Fsp3) is 0.500. The van der Waals surface area contributed by atoms with Crippen LogP contribution < -0.4 is 4.74 Å². The summed E-state index contributed by atoms with van der Waals surface area (Å²) in [7, 11) is 1.56. The van der Waals surface area contributed by atoms with E-state index in [2.05, 4.69) is 0 Å². The van der Waals surface area contributed by atoms with Gasteiger partial charge in [0.2, 0.25) is 5.78 Å². The molecule has 0 amide bonds. The monoisotopic (exact) mass is 214 g/mol. The van der Waals surface area contributed by atoms with E-state index < -0.39 is 0 Å². The van der Waals surface area contributed by atoms with Gasteiger partial charge in [-0.3, -0.25) is 4.79 Å². The van der Waals surface area contributed by atoms with Crippen molar-refractivity contribution in [1.29, 1.82) is 0 Å². The number of Topliss-reactive ketones (excluding diaryl/α,β-unsaturated/α-hetero) is 1. The summed E-state index contributed by atoms with van der Waals surface area (Å²) in [6.45, 7) is 3.92. The van der Waals surface area contributed by atoms with Gasteiger partial charge in [0.05, 0.1) is 13.2 Å². The molecule has 0 aliphatic rings. The third-order valence-electron chi connectivity index (χ3n) is 1.65. The van der Waals surface area contributed by atoms with Crippen molar-refractivity contribution in [3.05, 3.63) is 16.3 Å². The molecule has 0 fully saturated rings. The minimum Gasteiger partial charge on any atom is -0.495 e. The second kappa shape index (κ2) is 5.12. The van der Waals surface area contributed by atoms with Gasteiger partial charge in [0.15, 0.2) is 0 Å². The number of ketones is 1. The largest absolute Gasteiger partial charge is 0.495 e. The van der Waals surface area contributed by atoms with E-state index >= 15 is 0 Å². The second-order valence-electron chi connectivity index (χ2n) is 3.10. The normalized spacial score (nSPS) is 10.6. The van der Waals surface area contributed by atoms with Crippen LogP contribution in [0.25, 0.3) is 0 Å². The van der Waals surface area contributed by atoms with Crippen LogP contribution in [0.15, 0.2) is 11.4 Å². The van der Waals surface area contributed by atoms with Crippen molar-refractivity contribution in [3.63, 3.8) is 0 Å². The second-order valence-corrected chi connectivity index (χ2v) is 4.02. The van der Waals surface area contributed by atoms with Crippen LogP contribution in [0.1, 0.15) is 23.5 Å². The van der Waals surface area contributed by atoms with Crippen molar-refractivity contribution < 1.29 is 14.3 Å². The smallest absolute Gasteiger partial charge is 0.202 e. The summed E-state index contributed by atoms with van der Waals surface area (Å²) in [5, 5.41) is 1.83. The zero-order valence-electron chi connectivity index (χ0n) is 8.57. The number of carbonyl (C=O) groups excluding carboxylic acids is 1. The van der Waals surface area contributed by atoms with Gasteiger partial charge in [0, 0.05) is 0 Å². The first-order chi connectivity index (χ1) is 6.65. The van der Waals surface area contributed by atoms with E-state index in [1.54, 1.807) is 13.2 Å². The molecule has 0 saturated heterocycles. The minimum atomic E-state index is -0.0226. The van der Waals surface area contributed by atoms with Crippen LogP contribution in [0.3, 0.4) is 0 Å². The molecule has 0 aliphatic carbocycles. The average Bonchev–Trinajstić information content (AvgIpc) is 2.61. The molecule has 0 aromatic carbocycles. The number of ether oxygens (including phenoxy) is 2. The molecule has 0 bridgehead atoms. The Bertz CT molecular complexity index is 304. The lowest BCUT2D eigenvalue weighted by Gasteiger charge is -2.06. The lowest BCUT2D eigenvalue weighted by Crippen LogP contribution is -2.12. The molecule has 0 unspecified atom stereocenters. The van der Waals surface area contributed by atoms with Crippen molar-refractivity contribution >= 4 is 17.1 Å². The summed E-state index contributed by atoms with van der Waals surface area (Å²) in [5.74, 6) is 0.609. The van der Waals surface area contributed by atoms with E-state index in [1.807, 2.05) is 19.2 Å². The Morgan fingerprint density at radius 2 is 2.29 bits per heavy atom. The fourth-order valence-corrected chi connectivity index (χ4v) is 1.76. The van der Waals surface area contributed by atoms with Gasteiger partial charge in [-0.25, -0.2) is 0 Å². The van der Waals surface area contributed by atoms with Gasteiger partial charge in [-0.15, -0.1) is 11.3 Å². The van der Waals surface area contributed by atoms with Crippen LogP contribution >= 0.6 is 11.3 Å². The molecule has 1 aromatic rings. The van der Waals surface area contributed by atoms with Crippen molar-refractivity contribution in [3.8, 4) is 5.75 Å². The summed E-state index contributed by atoms with van der Waals surface area (Å²) in [5.41, 5.74) is 0. The highest BCUT2D eigenvalue weighted by Gasteiger charge is 2.14. The summed E-state index contributed by atoms with van der Waals surface area (Å²) in [6, 6.07) is 1.78. The molecule has 0 atom stereocenters. The van der Waals surface area contributed by atoms with Crippen molar-refractivity contribution in [2.75, 3.05) is 13.7 Å². The Kier molecular flexibility index (Phi) is 4.10. The number of hydrogen-bond acceptors (Lipinski definition) is 4. The van der Waals surface area contributed by atoms with Gasteiger partial charge in [-0.2, -0.15) is 0 Å². The van der Waals surface area contributed by atoms with Crippen LogP contribution in [0.5, 0.6) is 5.75 Å². The van der Waals surface area contributed by atoms with Crippen LogP contribution in [-0.4, -0.2) is 25.6 Å². The third kappa shape index (κ3) is 2.82. The van der Waals surface area contributed by atoms with Crippen LogP contribution in [0.2, 0.25) is 0 Å². The van der Waals surface area contributed by atoms with E-state index in [0.717, 1.165) is 0 Å². The average molecular weight is 214 g/mol. The summed E-state index contributed by atoms with van der Waals surface area (Å²) in [6.07, 6.45) is 0.0740. The lowest BCUT2D eigenvalue weighted by molar-refractivity contribution is 0.0586. The van der Waals surface area contributed by atoms with E-state index in [4.69, 9.17) is 9.47 Å². The highest BCUT2D eigenvalue weighted by atomic mass is 32.1. The number of thiophene rings is 1. The van der Waals surface area contributed by atoms with Gasteiger partial charge in [-0.05, 0) is 25.3 Å². The van der Waals surface area contributed by atoms with E-state index in [1.165, 1.54) is 11.3 Å². The van der Waals surface area contributed by atoms with Crippen molar-refractivity contribution in [2.24, 2.45) is 0 Å². The van der Waals surface area contributed by atoms with Crippen molar-refractivity contribution in [2.45, 2.75) is 20.0 Å². The van der Waals surface area contributed by atoms with Crippen LogP contribution in [-0.2, 0) is 4.74 Å². The maximum atomic E-state index is 11.6. The topological polar surface area (TPSA) is 35.5 Å². The molecule has 0 radical (unpaired) electrons. The maximum absolute atomic E-state index is 11.6. The molecule has 0 aliphatic heterocycles. The molecule has 0 spiro atoms. The highest BCUT2D eigenvalue weighted by molar-refractivity contribution is 7.12. The Balaban J connectivity index is 2.60. The molecule has 78 valence electrons. The zero-order valence-corrected chi connectivity index (χ0v) is 9.39. The first-order valence-corrected chi connectivity index (χ1v) is 5.29. The van der Waals surface area contributed by atoms with Gasteiger partial charge in [-0.1, -0.05) is 0 Å².